The molecule has 0 aliphatic carbocycles. The van der Waals surface area contributed by atoms with Crippen molar-refractivity contribution < 1.29 is 14.4 Å². The van der Waals surface area contributed by atoms with Crippen LogP contribution in [0.2, 0.25) is 0 Å². The first-order chi connectivity index (χ1) is 15.4. The number of anilines is 1. The molecular formula is C26H27N3O3. The fraction of sp³-hybridized carbons (Fsp3) is 0.192. The van der Waals surface area contributed by atoms with Gasteiger partial charge in [-0.15, -0.1) is 0 Å². The second kappa shape index (κ2) is 10.4. The Hall–Kier alpha value is -3.93. The summed E-state index contributed by atoms with van der Waals surface area (Å²) in [5, 5.41) is 2.83. The molecule has 0 radical (unpaired) electrons. The second-order valence-electron chi connectivity index (χ2n) is 7.61. The number of hydrogen-bond acceptors (Lipinski definition) is 3. The summed E-state index contributed by atoms with van der Waals surface area (Å²) in [6, 6.07) is 23.1. The minimum absolute atomic E-state index is 0.0561. The normalized spacial score (nSPS) is 10.3. The fourth-order valence-corrected chi connectivity index (χ4v) is 3.23. The Morgan fingerprint density at radius 2 is 1.28 bits per heavy atom. The highest BCUT2D eigenvalue weighted by molar-refractivity contribution is 6.04. The van der Waals surface area contributed by atoms with Crippen LogP contribution in [0.15, 0.2) is 78.9 Å². The Balaban J connectivity index is 1.65. The molecule has 0 aromatic heterocycles. The lowest BCUT2D eigenvalue weighted by Crippen LogP contribution is -2.30. The van der Waals surface area contributed by atoms with Crippen LogP contribution in [0.4, 0.5) is 5.69 Å². The minimum atomic E-state index is -0.198. The monoisotopic (exact) mass is 429 g/mol. The van der Waals surface area contributed by atoms with E-state index in [1.54, 1.807) is 67.5 Å². The Labute approximate surface area is 188 Å². The van der Waals surface area contributed by atoms with Crippen LogP contribution in [-0.4, -0.2) is 48.2 Å². The zero-order valence-electron chi connectivity index (χ0n) is 18.5. The van der Waals surface area contributed by atoms with Crippen LogP contribution >= 0.6 is 0 Å². The summed E-state index contributed by atoms with van der Waals surface area (Å²) in [5.74, 6) is -0.350. The average Bonchev–Trinajstić information content (AvgIpc) is 2.83. The van der Waals surface area contributed by atoms with Crippen molar-refractivity contribution in [2.75, 3.05) is 26.0 Å². The summed E-state index contributed by atoms with van der Waals surface area (Å²) in [4.78, 5) is 40.6. The molecule has 0 bridgehead atoms. The Morgan fingerprint density at radius 3 is 1.84 bits per heavy atom. The summed E-state index contributed by atoms with van der Waals surface area (Å²) >= 11 is 0. The molecule has 0 atom stereocenters. The van der Waals surface area contributed by atoms with Gasteiger partial charge in [0, 0.05) is 49.6 Å². The third kappa shape index (κ3) is 5.60. The van der Waals surface area contributed by atoms with Gasteiger partial charge in [-0.25, -0.2) is 0 Å². The van der Waals surface area contributed by atoms with E-state index in [9.17, 15) is 14.4 Å². The summed E-state index contributed by atoms with van der Waals surface area (Å²) < 4.78 is 0. The zero-order valence-corrected chi connectivity index (χ0v) is 18.5. The van der Waals surface area contributed by atoms with E-state index in [1.165, 1.54) is 4.90 Å². The van der Waals surface area contributed by atoms with Gasteiger partial charge in [-0.1, -0.05) is 30.3 Å². The van der Waals surface area contributed by atoms with Gasteiger partial charge in [0.25, 0.3) is 17.7 Å². The van der Waals surface area contributed by atoms with Crippen LogP contribution < -0.4 is 5.32 Å². The van der Waals surface area contributed by atoms with Gasteiger partial charge >= 0.3 is 0 Å². The SMILES string of the molecule is CCN(Cc1ccc(C(=O)N(C)C)cc1)C(=O)c1ccc(NC(=O)c2ccccc2)cc1. The predicted molar refractivity (Wildman–Crippen MR) is 126 cm³/mol. The molecule has 3 aromatic rings. The van der Waals surface area contributed by atoms with Gasteiger partial charge in [-0.2, -0.15) is 0 Å². The summed E-state index contributed by atoms with van der Waals surface area (Å²) in [7, 11) is 3.43. The lowest BCUT2D eigenvalue weighted by atomic mass is 10.1. The highest BCUT2D eigenvalue weighted by Crippen LogP contribution is 2.15. The smallest absolute Gasteiger partial charge is 0.255 e. The number of rotatable bonds is 7. The summed E-state index contributed by atoms with van der Waals surface area (Å²) in [6.45, 7) is 2.91. The van der Waals surface area contributed by atoms with Crippen molar-refractivity contribution in [3.63, 3.8) is 0 Å². The molecular weight excluding hydrogens is 402 g/mol. The molecule has 32 heavy (non-hydrogen) atoms. The fourth-order valence-electron chi connectivity index (χ4n) is 3.23. The maximum Gasteiger partial charge on any atom is 0.255 e. The molecule has 0 aliphatic rings. The highest BCUT2D eigenvalue weighted by Gasteiger charge is 2.16. The Kier molecular flexibility index (Phi) is 7.39. The van der Waals surface area contributed by atoms with E-state index in [-0.39, 0.29) is 17.7 Å². The van der Waals surface area contributed by atoms with Crippen LogP contribution in [0.5, 0.6) is 0 Å². The van der Waals surface area contributed by atoms with Crippen LogP contribution in [-0.2, 0) is 6.54 Å². The largest absolute Gasteiger partial charge is 0.345 e. The van der Waals surface area contributed by atoms with Crippen molar-refractivity contribution in [3.8, 4) is 0 Å². The first-order valence-corrected chi connectivity index (χ1v) is 10.5. The molecule has 3 aromatic carbocycles. The predicted octanol–water partition coefficient (Wildman–Crippen LogP) is 4.30. The average molecular weight is 430 g/mol. The van der Waals surface area contributed by atoms with Gasteiger partial charge < -0.3 is 15.1 Å². The Morgan fingerprint density at radius 1 is 0.719 bits per heavy atom. The topological polar surface area (TPSA) is 69.7 Å². The van der Waals surface area contributed by atoms with Crippen LogP contribution in [0.25, 0.3) is 0 Å². The van der Waals surface area contributed by atoms with Gasteiger partial charge in [0.05, 0.1) is 0 Å². The van der Waals surface area contributed by atoms with Crippen LogP contribution in [0.3, 0.4) is 0 Å². The van der Waals surface area contributed by atoms with Gasteiger partial charge in [-0.3, -0.25) is 14.4 Å². The van der Waals surface area contributed by atoms with Gasteiger partial charge in [0.2, 0.25) is 0 Å². The van der Waals surface area contributed by atoms with Gasteiger partial charge in [-0.05, 0) is 61.0 Å². The first-order valence-electron chi connectivity index (χ1n) is 10.5. The Bertz CT molecular complexity index is 1080. The molecule has 3 rings (SSSR count). The molecule has 0 aliphatic heterocycles. The van der Waals surface area contributed by atoms with Crippen molar-refractivity contribution >= 4 is 23.4 Å². The van der Waals surface area contributed by atoms with Crippen LogP contribution in [0, 0.1) is 0 Å². The molecule has 164 valence electrons. The molecule has 3 amide bonds. The van der Waals surface area contributed by atoms with E-state index in [1.807, 2.05) is 37.3 Å². The lowest BCUT2D eigenvalue weighted by molar-refractivity contribution is 0.0751. The third-order valence-electron chi connectivity index (χ3n) is 5.08. The molecule has 0 unspecified atom stereocenters. The molecule has 0 heterocycles. The number of benzene rings is 3. The standard InChI is InChI=1S/C26H27N3O3/c1-4-29(18-19-10-12-21(13-11-19)25(31)28(2)3)26(32)22-14-16-23(17-15-22)27-24(30)20-8-6-5-7-9-20/h5-17H,4,18H2,1-3H3,(H,27,30). The summed E-state index contributed by atoms with van der Waals surface area (Å²) in [6.07, 6.45) is 0. The van der Waals surface area contributed by atoms with Crippen LogP contribution in [0.1, 0.15) is 43.6 Å². The number of nitrogens with zero attached hydrogens (tertiary/aromatic N) is 2. The maximum atomic E-state index is 13.0. The number of hydrogen-bond donors (Lipinski definition) is 1. The van der Waals surface area contributed by atoms with E-state index in [0.717, 1.165) is 5.56 Å². The highest BCUT2D eigenvalue weighted by atomic mass is 16.2. The molecule has 6 heteroatoms. The summed E-state index contributed by atoms with van der Waals surface area (Å²) in [5.41, 5.74) is 3.30. The number of carbonyl (C=O) groups is 3. The lowest BCUT2D eigenvalue weighted by Gasteiger charge is -2.21. The zero-order chi connectivity index (χ0) is 23.1. The van der Waals surface area contributed by atoms with Crippen molar-refractivity contribution in [2.24, 2.45) is 0 Å². The minimum Gasteiger partial charge on any atom is -0.345 e. The molecule has 6 nitrogen and oxygen atoms in total. The number of carbonyl (C=O) groups excluding carboxylic acids is 3. The molecule has 0 spiro atoms. The van der Waals surface area contributed by atoms with Crippen molar-refractivity contribution in [1.29, 1.82) is 0 Å². The van der Waals surface area contributed by atoms with E-state index in [4.69, 9.17) is 0 Å². The van der Waals surface area contributed by atoms with E-state index in [2.05, 4.69) is 5.32 Å². The maximum absolute atomic E-state index is 13.0. The number of amides is 3. The quantitative estimate of drug-likeness (QED) is 0.609. The second-order valence-corrected chi connectivity index (χ2v) is 7.61. The molecule has 0 fully saturated rings. The first kappa shape index (κ1) is 22.7. The van der Waals surface area contributed by atoms with Crippen molar-refractivity contribution in [3.05, 3.63) is 101 Å². The van der Waals surface area contributed by atoms with E-state index < -0.39 is 0 Å². The molecule has 0 saturated carbocycles. The molecule has 1 N–H and O–H groups in total. The van der Waals surface area contributed by atoms with E-state index in [0.29, 0.717) is 35.5 Å². The van der Waals surface area contributed by atoms with Crippen molar-refractivity contribution in [2.45, 2.75) is 13.5 Å². The van der Waals surface area contributed by atoms with Gasteiger partial charge in [0.1, 0.15) is 0 Å². The van der Waals surface area contributed by atoms with E-state index >= 15 is 0 Å². The van der Waals surface area contributed by atoms with Crippen molar-refractivity contribution in [1.82, 2.24) is 9.80 Å². The van der Waals surface area contributed by atoms with Gasteiger partial charge in [0.15, 0.2) is 0 Å². The molecule has 0 saturated heterocycles. The third-order valence-corrected chi connectivity index (χ3v) is 5.08. The number of nitrogens with one attached hydrogen (secondary N) is 1.